The molecule has 0 bridgehead atoms. The van der Waals surface area contributed by atoms with Gasteiger partial charge in [0.15, 0.2) is 17.2 Å². The van der Waals surface area contributed by atoms with Gasteiger partial charge in [0.1, 0.15) is 5.69 Å². The largest absolute Gasteiger partial charge is 0.493 e. The predicted molar refractivity (Wildman–Crippen MR) is 120 cm³/mol. The molecule has 0 radical (unpaired) electrons. The van der Waals surface area contributed by atoms with E-state index in [9.17, 15) is 9.59 Å². The third kappa shape index (κ3) is 3.15. The van der Waals surface area contributed by atoms with E-state index in [-0.39, 0.29) is 23.0 Å². The first-order valence-electron chi connectivity index (χ1n) is 10.1. The van der Waals surface area contributed by atoms with Crippen molar-refractivity contribution in [1.82, 2.24) is 15.0 Å². The van der Waals surface area contributed by atoms with Crippen LogP contribution in [0.5, 0.6) is 17.2 Å². The molecule has 0 amide bonds. The summed E-state index contributed by atoms with van der Waals surface area (Å²) in [5.41, 5.74) is 3.29. The van der Waals surface area contributed by atoms with Crippen LogP contribution < -0.4 is 14.2 Å². The summed E-state index contributed by atoms with van der Waals surface area (Å²) in [5.74, 6) is 1.02. The molecule has 0 saturated heterocycles. The molecular weight excluding hydrogens is 422 g/mol. The number of ether oxygens (including phenoxy) is 3. The van der Waals surface area contributed by atoms with Crippen molar-refractivity contribution >= 4 is 11.6 Å². The second kappa shape index (κ2) is 7.90. The van der Waals surface area contributed by atoms with Crippen molar-refractivity contribution in [1.29, 1.82) is 0 Å². The summed E-state index contributed by atoms with van der Waals surface area (Å²) in [6.07, 6.45) is 0. The Hall–Kier alpha value is -4.46. The maximum absolute atomic E-state index is 13.1. The van der Waals surface area contributed by atoms with Crippen LogP contribution >= 0.6 is 0 Å². The van der Waals surface area contributed by atoms with Crippen LogP contribution in [0, 0.1) is 0 Å². The number of fused-ring (bicyclic) bond motifs is 2. The summed E-state index contributed by atoms with van der Waals surface area (Å²) >= 11 is 0. The zero-order chi connectivity index (χ0) is 23.1. The van der Waals surface area contributed by atoms with Crippen molar-refractivity contribution in [3.05, 3.63) is 83.2 Å². The fourth-order valence-corrected chi connectivity index (χ4v) is 4.00. The topological polar surface area (TPSA) is 92.5 Å². The Balaban J connectivity index is 1.55. The summed E-state index contributed by atoms with van der Waals surface area (Å²) in [5, 5.41) is 8.10. The molecule has 3 aromatic carbocycles. The average molecular weight is 441 g/mol. The van der Waals surface area contributed by atoms with E-state index in [4.69, 9.17) is 14.2 Å². The smallest absolute Gasteiger partial charge is 0.216 e. The molecule has 1 aliphatic rings. The lowest BCUT2D eigenvalue weighted by atomic mass is 9.90. The van der Waals surface area contributed by atoms with Gasteiger partial charge in [-0.3, -0.25) is 9.59 Å². The highest BCUT2D eigenvalue weighted by Crippen LogP contribution is 2.41. The normalized spacial score (nSPS) is 12.2. The second-order valence-corrected chi connectivity index (χ2v) is 7.36. The van der Waals surface area contributed by atoms with Crippen LogP contribution in [0.4, 0.5) is 0 Å². The number of ketones is 2. The molecule has 5 rings (SSSR count). The molecule has 0 N–H and O–H groups in total. The Kier molecular flexibility index (Phi) is 4.90. The SMILES string of the molecule is COc1cc(-c2ccc(-n3nnc4c3C(=O)c3ccccc3C4=O)cc2)cc(OC)c1OC. The predicted octanol–water partition coefficient (Wildman–Crippen LogP) is 3.74. The van der Waals surface area contributed by atoms with Gasteiger partial charge in [0.2, 0.25) is 17.3 Å². The van der Waals surface area contributed by atoms with Gasteiger partial charge in [-0.2, -0.15) is 0 Å². The fourth-order valence-electron chi connectivity index (χ4n) is 4.00. The zero-order valence-electron chi connectivity index (χ0n) is 18.2. The van der Waals surface area contributed by atoms with Crippen LogP contribution in [-0.2, 0) is 0 Å². The number of aromatic nitrogens is 3. The van der Waals surface area contributed by atoms with Crippen molar-refractivity contribution in [3.63, 3.8) is 0 Å². The van der Waals surface area contributed by atoms with Gasteiger partial charge < -0.3 is 14.2 Å². The summed E-state index contributed by atoms with van der Waals surface area (Å²) in [6, 6.07) is 17.8. The van der Waals surface area contributed by atoms with Crippen LogP contribution in [0.25, 0.3) is 16.8 Å². The van der Waals surface area contributed by atoms with Crippen LogP contribution in [0.1, 0.15) is 32.1 Å². The second-order valence-electron chi connectivity index (χ2n) is 7.36. The monoisotopic (exact) mass is 441 g/mol. The standard InChI is InChI=1S/C25H19N3O5/c1-31-19-12-15(13-20(32-2)25(19)33-3)14-8-10-16(11-9-14)28-22-21(26-27-28)23(29)17-6-4-5-7-18(17)24(22)30/h4-13H,1-3H3. The molecular formula is C25H19N3O5. The zero-order valence-corrected chi connectivity index (χ0v) is 18.2. The first-order valence-corrected chi connectivity index (χ1v) is 10.1. The van der Waals surface area contributed by atoms with Gasteiger partial charge in [-0.25, -0.2) is 4.68 Å². The minimum atomic E-state index is -0.305. The highest BCUT2D eigenvalue weighted by molar-refractivity contribution is 6.27. The maximum Gasteiger partial charge on any atom is 0.216 e. The van der Waals surface area contributed by atoms with E-state index in [2.05, 4.69) is 10.3 Å². The summed E-state index contributed by atoms with van der Waals surface area (Å²) in [4.78, 5) is 25.9. The van der Waals surface area contributed by atoms with Crippen LogP contribution in [0.3, 0.4) is 0 Å². The van der Waals surface area contributed by atoms with E-state index < -0.39 is 0 Å². The Morgan fingerprint density at radius 2 is 1.33 bits per heavy atom. The molecule has 1 heterocycles. The summed E-state index contributed by atoms with van der Waals surface area (Å²) in [7, 11) is 4.68. The molecule has 8 nitrogen and oxygen atoms in total. The molecule has 1 aliphatic carbocycles. The molecule has 0 spiro atoms. The third-order valence-electron chi connectivity index (χ3n) is 5.63. The van der Waals surface area contributed by atoms with E-state index in [1.54, 1.807) is 45.6 Å². The average Bonchev–Trinajstić information content (AvgIpc) is 3.32. The Morgan fingerprint density at radius 1 is 0.727 bits per heavy atom. The summed E-state index contributed by atoms with van der Waals surface area (Å²) in [6.45, 7) is 0. The van der Waals surface area contributed by atoms with E-state index in [0.29, 0.717) is 34.1 Å². The quantitative estimate of drug-likeness (QED) is 0.410. The molecule has 8 heteroatoms. The highest BCUT2D eigenvalue weighted by atomic mass is 16.5. The lowest BCUT2D eigenvalue weighted by molar-refractivity contribution is 0.0972. The Labute approximate surface area is 189 Å². The van der Waals surface area contributed by atoms with Crippen molar-refractivity contribution in [2.45, 2.75) is 0 Å². The van der Waals surface area contributed by atoms with Gasteiger partial charge in [0.25, 0.3) is 0 Å². The van der Waals surface area contributed by atoms with Gasteiger partial charge >= 0.3 is 0 Å². The van der Waals surface area contributed by atoms with Crippen molar-refractivity contribution < 1.29 is 23.8 Å². The van der Waals surface area contributed by atoms with Crippen LogP contribution in [0.2, 0.25) is 0 Å². The van der Waals surface area contributed by atoms with Crippen molar-refractivity contribution in [2.75, 3.05) is 21.3 Å². The minimum Gasteiger partial charge on any atom is -0.493 e. The molecule has 0 atom stereocenters. The lowest BCUT2D eigenvalue weighted by Gasteiger charge is -2.15. The molecule has 164 valence electrons. The van der Waals surface area contributed by atoms with Gasteiger partial charge in [-0.15, -0.1) is 5.10 Å². The van der Waals surface area contributed by atoms with Crippen LogP contribution in [-0.4, -0.2) is 47.9 Å². The first-order chi connectivity index (χ1) is 16.1. The number of nitrogens with zero attached hydrogens (tertiary/aromatic N) is 3. The molecule has 1 aromatic heterocycles. The molecule has 4 aromatic rings. The van der Waals surface area contributed by atoms with E-state index in [1.165, 1.54) is 4.68 Å². The van der Waals surface area contributed by atoms with E-state index in [1.807, 2.05) is 36.4 Å². The molecule has 33 heavy (non-hydrogen) atoms. The number of methoxy groups -OCH3 is 3. The van der Waals surface area contributed by atoms with E-state index in [0.717, 1.165) is 11.1 Å². The number of benzene rings is 3. The summed E-state index contributed by atoms with van der Waals surface area (Å²) < 4.78 is 17.7. The lowest BCUT2D eigenvalue weighted by Crippen LogP contribution is -2.22. The number of hydrogen-bond donors (Lipinski definition) is 0. The Morgan fingerprint density at radius 3 is 1.91 bits per heavy atom. The molecule has 0 fully saturated rings. The molecule has 0 unspecified atom stereocenters. The highest BCUT2D eigenvalue weighted by Gasteiger charge is 2.35. The van der Waals surface area contributed by atoms with Gasteiger partial charge in [0.05, 0.1) is 27.0 Å². The number of carbonyl (C=O) groups is 2. The third-order valence-corrected chi connectivity index (χ3v) is 5.63. The minimum absolute atomic E-state index is 0.0624. The maximum atomic E-state index is 13.1. The Bertz CT molecular complexity index is 1380. The number of rotatable bonds is 5. The van der Waals surface area contributed by atoms with Crippen molar-refractivity contribution in [3.8, 4) is 34.1 Å². The van der Waals surface area contributed by atoms with E-state index >= 15 is 0 Å². The van der Waals surface area contributed by atoms with Gasteiger partial charge in [-0.05, 0) is 35.4 Å². The fraction of sp³-hybridized carbons (Fsp3) is 0.120. The molecule has 0 aliphatic heterocycles. The number of hydrogen-bond acceptors (Lipinski definition) is 7. The van der Waals surface area contributed by atoms with Crippen molar-refractivity contribution in [2.24, 2.45) is 0 Å². The first kappa shape index (κ1) is 20.4. The van der Waals surface area contributed by atoms with Gasteiger partial charge in [-0.1, -0.05) is 41.6 Å². The van der Waals surface area contributed by atoms with Crippen LogP contribution in [0.15, 0.2) is 60.7 Å². The number of carbonyl (C=O) groups excluding carboxylic acids is 2. The van der Waals surface area contributed by atoms with Gasteiger partial charge in [0, 0.05) is 11.1 Å². The molecule has 0 saturated carbocycles.